The fourth-order valence-corrected chi connectivity index (χ4v) is 4.44. The average Bonchev–Trinajstić information content (AvgIpc) is 3.38. The van der Waals surface area contributed by atoms with Gasteiger partial charge in [0.15, 0.2) is 11.5 Å². The summed E-state index contributed by atoms with van der Waals surface area (Å²) in [4.78, 5) is 28.7. The largest absolute Gasteiger partial charge is 0.454 e. The van der Waals surface area contributed by atoms with Gasteiger partial charge in [0.1, 0.15) is 6.04 Å². The number of hydrogen-bond acceptors (Lipinski definition) is 6. The van der Waals surface area contributed by atoms with Gasteiger partial charge in [0.05, 0.1) is 12.8 Å². The summed E-state index contributed by atoms with van der Waals surface area (Å²) in [5.74, 6) is 0.442. The Hall–Kier alpha value is -3.89. The summed E-state index contributed by atoms with van der Waals surface area (Å²) < 4.78 is 35.8. The standard InChI is InChI=1S/C28H31N3O6S/c1-30(38(2,34)35)19-27(32)31(18-22-11-7-4-8-12-22)24(15-21-9-5-3-6-10-21)28(33)29-17-23-13-14-25-26(16-23)37-20-36-25/h3-14,16,24H,15,17-20H2,1-2H3,(H,29,33)/t24-/m1/s1. The maximum absolute atomic E-state index is 13.7. The van der Waals surface area contributed by atoms with Gasteiger partial charge in [0.2, 0.25) is 28.6 Å². The Bertz CT molecular complexity index is 1370. The predicted octanol–water partition coefficient (Wildman–Crippen LogP) is 2.56. The molecule has 0 radical (unpaired) electrons. The zero-order chi connectivity index (χ0) is 27.1. The molecule has 0 saturated carbocycles. The molecule has 0 fully saturated rings. The summed E-state index contributed by atoms with van der Waals surface area (Å²) in [6.07, 6.45) is 1.30. The van der Waals surface area contributed by atoms with Gasteiger partial charge in [-0.2, -0.15) is 4.31 Å². The van der Waals surface area contributed by atoms with Crippen LogP contribution in [0.3, 0.4) is 0 Å². The summed E-state index contributed by atoms with van der Waals surface area (Å²) in [5.41, 5.74) is 2.52. The molecule has 2 amide bonds. The van der Waals surface area contributed by atoms with E-state index in [1.165, 1.54) is 11.9 Å². The van der Waals surface area contributed by atoms with Crippen LogP contribution < -0.4 is 14.8 Å². The van der Waals surface area contributed by atoms with Crippen LogP contribution in [0.5, 0.6) is 11.5 Å². The molecule has 1 N–H and O–H groups in total. The molecule has 0 spiro atoms. The van der Waals surface area contributed by atoms with Crippen molar-refractivity contribution in [1.29, 1.82) is 0 Å². The van der Waals surface area contributed by atoms with Crippen molar-refractivity contribution in [2.45, 2.75) is 25.6 Å². The molecule has 9 nitrogen and oxygen atoms in total. The Balaban J connectivity index is 1.61. The maximum Gasteiger partial charge on any atom is 0.243 e. The highest BCUT2D eigenvalue weighted by molar-refractivity contribution is 7.88. The molecule has 0 saturated heterocycles. The van der Waals surface area contributed by atoms with Crippen molar-refractivity contribution in [3.05, 3.63) is 95.6 Å². The van der Waals surface area contributed by atoms with Gasteiger partial charge in [0, 0.05) is 26.6 Å². The lowest BCUT2D eigenvalue weighted by Gasteiger charge is -2.32. The van der Waals surface area contributed by atoms with Crippen LogP contribution in [0, 0.1) is 0 Å². The second kappa shape index (κ2) is 12.1. The molecule has 200 valence electrons. The highest BCUT2D eigenvalue weighted by Crippen LogP contribution is 2.32. The molecule has 4 rings (SSSR count). The van der Waals surface area contributed by atoms with Gasteiger partial charge >= 0.3 is 0 Å². The van der Waals surface area contributed by atoms with E-state index in [2.05, 4.69) is 5.32 Å². The summed E-state index contributed by atoms with van der Waals surface area (Å²) >= 11 is 0. The monoisotopic (exact) mass is 537 g/mol. The van der Waals surface area contributed by atoms with Crippen molar-refractivity contribution < 1.29 is 27.5 Å². The van der Waals surface area contributed by atoms with E-state index in [0.29, 0.717) is 11.5 Å². The third-order valence-electron chi connectivity index (χ3n) is 6.29. The third kappa shape index (κ3) is 7.11. The second-order valence-corrected chi connectivity index (χ2v) is 11.2. The summed E-state index contributed by atoms with van der Waals surface area (Å²) in [6.45, 7) is 0.138. The smallest absolute Gasteiger partial charge is 0.243 e. The SMILES string of the molecule is CN(CC(=O)N(Cc1ccccc1)[C@H](Cc1ccccc1)C(=O)NCc1ccc2c(c1)OCO2)S(C)(=O)=O. The van der Waals surface area contributed by atoms with Crippen LogP contribution in [-0.2, 0) is 39.1 Å². The maximum atomic E-state index is 13.7. The molecular formula is C28H31N3O6S. The van der Waals surface area contributed by atoms with Gasteiger partial charge in [0.25, 0.3) is 0 Å². The number of carbonyl (C=O) groups excluding carboxylic acids is 2. The van der Waals surface area contributed by atoms with Crippen LogP contribution in [0.25, 0.3) is 0 Å². The number of sulfonamides is 1. The number of benzene rings is 3. The van der Waals surface area contributed by atoms with E-state index in [1.54, 1.807) is 6.07 Å². The van der Waals surface area contributed by atoms with Crippen LogP contribution in [0.4, 0.5) is 0 Å². The number of nitrogens with one attached hydrogen (secondary N) is 1. The van der Waals surface area contributed by atoms with Gasteiger partial charge in [-0.15, -0.1) is 0 Å². The first-order valence-corrected chi connectivity index (χ1v) is 14.0. The van der Waals surface area contributed by atoms with E-state index in [9.17, 15) is 18.0 Å². The number of carbonyl (C=O) groups is 2. The Morgan fingerprint density at radius 3 is 2.18 bits per heavy atom. The highest BCUT2D eigenvalue weighted by atomic mass is 32.2. The molecule has 0 bridgehead atoms. The number of likely N-dealkylation sites (N-methyl/N-ethyl adjacent to an activating group) is 1. The molecular weight excluding hydrogens is 506 g/mol. The lowest BCUT2D eigenvalue weighted by molar-refractivity contribution is -0.141. The van der Waals surface area contributed by atoms with Gasteiger partial charge in [-0.25, -0.2) is 8.42 Å². The lowest BCUT2D eigenvalue weighted by atomic mass is 10.0. The number of nitrogens with zero attached hydrogens (tertiary/aromatic N) is 2. The highest BCUT2D eigenvalue weighted by Gasteiger charge is 2.32. The third-order valence-corrected chi connectivity index (χ3v) is 7.56. The van der Waals surface area contributed by atoms with Gasteiger partial charge in [-0.3, -0.25) is 9.59 Å². The molecule has 1 heterocycles. The first-order valence-electron chi connectivity index (χ1n) is 12.2. The summed E-state index contributed by atoms with van der Waals surface area (Å²) in [7, 11) is -2.25. The molecule has 0 aromatic heterocycles. The van der Waals surface area contributed by atoms with Crippen LogP contribution in [-0.4, -0.2) is 62.1 Å². The second-order valence-electron chi connectivity index (χ2n) is 9.14. The number of hydrogen-bond donors (Lipinski definition) is 1. The van der Waals surface area contributed by atoms with Gasteiger partial charge in [-0.05, 0) is 28.8 Å². The van der Waals surface area contributed by atoms with E-state index in [4.69, 9.17) is 9.47 Å². The Labute approximate surface area is 223 Å². The molecule has 1 atom stereocenters. The molecule has 38 heavy (non-hydrogen) atoms. The number of fused-ring (bicyclic) bond motifs is 1. The number of rotatable bonds is 11. The minimum Gasteiger partial charge on any atom is -0.454 e. The zero-order valence-corrected chi connectivity index (χ0v) is 22.2. The Kier molecular flexibility index (Phi) is 8.65. The van der Waals surface area contributed by atoms with Crippen molar-refractivity contribution in [3.63, 3.8) is 0 Å². The first kappa shape index (κ1) is 27.2. The lowest BCUT2D eigenvalue weighted by Crippen LogP contribution is -2.52. The van der Waals surface area contributed by atoms with E-state index in [0.717, 1.165) is 27.3 Å². The molecule has 3 aromatic rings. The van der Waals surface area contributed by atoms with Crippen molar-refractivity contribution in [1.82, 2.24) is 14.5 Å². The van der Waals surface area contributed by atoms with Crippen LogP contribution in [0.15, 0.2) is 78.9 Å². The molecule has 3 aromatic carbocycles. The van der Waals surface area contributed by atoms with Crippen LogP contribution in [0.2, 0.25) is 0 Å². The van der Waals surface area contributed by atoms with Crippen LogP contribution in [0.1, 0.15) is 16.7 Å². The van der Waals surface area contributed by atoms with Crippen molar-refractivity contribution in [3.8, 4) is 11.5 Å². The minimum absolute atomic E-state index is 0.145. The molecule has 1 aliphatic heterocycles. The Morgan fingerprint density at radius 2 is 1.53 bits per heavy atom. The fourth-order valence-electron chi connectivity index (χ4n) is 4.09. The number of ether oxygens (including phenoxy) is 2. The van der Waals surface area contributed by atoms with Gasteiger partial charge in [-0.1, -0.05) is 66.7 Å². The van der Waals surface area contributed by atoms with E-state index < -0.39 is 22.0 Å². The van der Waals surface area contributed by atoms with Gasteiger partial charge < -0.3 is 19.7 Å². The van der Waals surface area contributed by atoms with Crippen LogP contribution >= 0.6 is 0 Å². The Morgan fingerprint density at radius 1 is 0.895 bits per heavy atom. The molecule has 1 aliphatic rings. The predicted molar refractivity (Wildman–Crippen MR) is 143 cm³/mol. The van der Waals surface area contributed by atoms with Crippen molar-refractivity contribution in [2.75, 3.05) is 26.6 Å². The average molecular weight is 538 g/mol. The first-order chi connectivity index (χ1) is 18.2. The van der Waals surface area contributed by atoms with E-state index in [-0.39, 0.29) is 38.8 Å². The van der Waals surface area contributed by atoms with Crippen molar-refractivity contribution >= 4 is 21.8 Å². The minimum atomic E-state index is -3.60. The number of amides is 2. The molecule has 0 aliphatic carbocycles. The van der Waals surface area contributed by atoms with Crippen molar-refractivity contribution in [2.24, 2.45) is 0 Å². The van der Waals surface area contributed by atoms with E-state index in [1.807, 2.05) is 72.8 Å². The quantitative estimate of drug-likeness (QED) is 0.403. The molecule has 0 unspecified atom stereocenters. The van der Waals surface area contributed by atoms with E-state index >= 15 is 0 Å². The summed E-state index contributed by atoms with van der Waals surface area (Å²) in [6, 6.07) is 23.3. The summed E-state index contributed by atoms with van der Waals surface area (Å²) in [5, 5.41) is 2.95. The zero-order valence-electron chi connectivity index (χ0n) is 21.4. The fraction of sp³-hybridized carbons (Fsp3) is 0.286. The normalized spacial score (nSPS) is 13.2. The molecule has 10 heteroatoms. The topological polar surface area (TPSA) is 105 Å².